The highest BCUT2D eigenvalue weighted by molar-refractivity contribution is 5.46. The van der Waals surface area contributed by atoms with Gasteiger partial charge in [0.05, 0.1) is 0 Å². The molecule has 1 rings (SSSR count). The SMILES string of the molecule is CCCCN(CC)c1cc(N)nc(COC)n1. The molecule has 0 aromatic carbocycles. The molecule has 0 fully saturated rings. The number of nitrogen functional groups attached to an aromatic ring is 1. The molecule has 0 aliphatic heterocycles. The van der Waals surface area contributed by atoms with E-state index in [0.717, 1.165) is 25.3 Å². The van der Waals surface area contributed by atoms with Crippen LogP contribution in [0, 0.1) is 0 Å². The van der Waals surface area contributed by atoms with Crippen LogP contribution in [0.25, 0.3) is 0 Å². The Balaban J connectivity index is 2.85. The maximum Gasteiger partial charge on any atom is 0.158 e. The molecule has 5 heteroatoms. The van der Waals surface area contributed by atoms with Crippen molar-refractivity contribution in [1.82, 2.24) is 9.97 Å². The van der Waals surface area contributed by atoms with Crippen LogP contribution < -0.4 is 10.6 Å². The average Bonchev–Trinajstić information content (AvgIpc) is 2.30. The Morgan fingerprint density at radius 3 is 2.71 bits per heavy atom. The number of hydrogen-bond donors (Lipinski definition) is 1. The fraction of sp³-hybridized carbons (Fsp3) is 0.667. The summed E-state index contributed by atoms with van der Waals surface area (Å²) in [7, 11) is 1.63. The lowest BCUT2D eigenvalue weighted by Gasteiger charge is -2.22. The van der Waals surface area contributed by atoms with Gasteiger partial charge in [-0.3, -0.25) is 0 Å². The molecule has 0 spiro atoms. The Morgan fingerprint density at radius 2 is 2.12 bits per heavy atom. The lowest BCUT2D eigenvalue weighted by atomic mass is 10.3. The van der Waals surface area contributed by atoms with Crippen molar-refractivity contribution in [3.8, 4) is 0 Å². The Hall–Kier alpha value is -1.36. The molecule has 0 saturated carbocycles. The van der Waals surface area contributed by atoms with Gasteiger partial charge in [0, 0.05) is 26.3 Å². The molecule has 1 heterocycles. The fourth-order valence-electron chi connectivity index (χ4n) is 1.64. The molecule has 5 nitrogen and oxygen atoms in total. The molecular formula is C12H22N4O. The van der Waals surface area contributed by atoms with Crippen molar-refractivity contribution in [1.29, 1.82) is 0 Å². The van der Waals surface area contributed by atoms with Gasteiger partial charge in [-0.15, -0.1) is 0 Å². The number of methoxy groups -OCH3 is 1. The van der Waals surface area contributed by atoms with Gasteiger partial charge in [-0.05, 0) is 13.3 Å². The predicted molar refractivity (Wildman–Crippen MR) is 70.0 cm³/mol. The van der Waals surface area contributed by atoms with Crippen LogP contribution in [0.2, 0.25) is 0 Å². The van der Waals surface area contributed by atoms with E-state index in [9.17, 15) is 0 Å². The molecular weight excluding hydrogens is 216 g/mol. The van der Waals surface area contributed by atoms with Crippen LogP contribution in [0.1, 0.15) is 32.5 Å². The van der Waals surface area contributed by atoms with Gasteiger partial charge in [-0.1, -0.05) is 13.3 Å². The number of unbranched alkanes of at least 4 members (excludes halogenated alkanes) is 1. The molecule has 0 saturated heterocycles. The third-order valence-corrected chi connectivity index (χ3v) is 2.54. The minimum absolute atomic E-state index is 0.392. The predicted octanol–water partition coefficient (Wildman–Crippen LogP) is 1.83. The van der Waals surface area contributed by atoms with Crippen LogP contribution in [0.4, 0.5) is 11.6 Å². The van der Waals surface area contributed by atoms with E-state index < -0.39 is 0 Å². The molecule has 0 aliphatic rings. The number of hydrogen-bond acceptors (Lipinski definition) is 5. The number of nitrogens with two attached hydrogens (primary N) is 1. The number of ether oxygens (including phenoxy) is 1. The van der Waals surface area contributed by atoms with Crippen molar-refractivity contribution >= 4 is 11.6 Å². The summed E-state index contributed by atoms with van der Waals surface area (Å²) in [5.41, 5.74) is 5.78. The number of rotatable bonds is 7. The van der Waals surface area contributed by atoms with Crippen molar-refractivity contribution in [2.45, 2.75) is 33.3 Å². The van der Waals surface area contributed by atoms with Crippen molar-refractivity contribution in [2.75, 3.05) is 30.8 Å². The summed E-state index contributed by atoms with van der Waals surface area (Å²) < 4.78 is 5.03. The monoisotopic (exact) mass is 238 g/mol. The molecule has 0 atom stereocenters. The number of anilines is 2. The smallest absolute Gasteiger partial charge is 0.158 e. The second-order valence-electron chi connectivity index (χ2n) is 3.93. The zero-order valence-corrected chi connectivity index (χ0v) is 10.9. The molecule has 1 aromatic heterocycles. The van der Waals surface area contributed by atoms with Crippen LogP contribution in [-0.2, 0) is 11.3 Å². The van der Waals surface area contributed by atoms with Crippen LogP contribution in [-0.4, -0.2) is 30.2 Å². The van der Waals surface area contributed by atoms with E-state index in [2.05, 4.69) is 28.7 Å². The third-order valence-electron chi connectivity index (χ3n) is 2.54. The molecule has 0 radical (unpaired) electrons. The molecule has 1 aromatic rings. The first-order valence-corrected chi connectivity index (χ1v) is 6.08. The maximum absolute atomic E-state index is 5.78. The van der Waals surface area contributed by atoms with Gasteiger partial charge in [0.15, 0.2) is 5.82 Å². The van der Waals surface area contributed by atoms with Crippen LogP contribution in [0.3, 0.4) is 0 Å². The van der Waals surface area contributed by atoms with Crippen molar-refractivity contribution in [2.24, 2.45) is 0 Å². The standard InChI is InChI=1S/C12H22N4O/c1-4-6-7-16(5-2)12-8-10(13)14-11(15-12)9-17-3/h8H,4-7,9H2,1-3H3,(H2,13,14,15). The first-order chi connectivity index (χ1) is 8.21. The van der Waals surface area contributed by atoms with E-state index in [1.807, 2.05) is 6.07 Å². The molecule has 2 N–H and O–H groups in total. The largest absolute Gasteiger partial charge is 0.384 e. The topological polar surface area (TPSA) is 64.3 Å². The van der Waals surface area contributed by atoms with Gasteiger partial charge in [-0.25, -0.2) is 9.97 Å². The Labute approximate surface area is 103 Å². The maximum atomic E-state index is 5.78. The lowest BCUT2D eigenvalue weighted by molar-refractivity contribution is 0.178. The quantitative estimate of drug-likeness (QED) is 0.785. The van der Waals surface area contributed by atoms with Gasteiger partial charge in [0.2, 0.25) is 0 Å². The van der Waals surface area contributed by atoms with Gasteiger partial charge >= 0.3 is 0 Å². The minimum Gasteiger partial charge on any atom is -0.384 e. The second kappa shape index (κ2) is 7.06. The summed E-state index contributed by atoms with van der Waals surface area (Å²) in [6, 6.07) is 1.82. The summed E-state index contributed by atoms with van der Waals surface area (Å²) in [6.45, 7) is 6.60. The zero-order valence-electron chi connectivity index (χ0n) is 10.9. The van der Waals surface area contributed by atoms with Gasteiger partial charge in [0.1, 0.15) is 18.2 Å². The first-order valence-electron chi connectivity index (χ1n) is 6.08. The highest BCUT2D eigenvalue weighted by Gasteiger charge is 2.08. The first kappa shape index (κ1) is 13.7. The molecule has 0 aliphatic carbocycles. The Bertz CT molecular complexity index is 343. The van der Waals surface area contributed by atoms with Crippen molar-refractivity contribution in [3.05, 3.63) is 11.9 Å². The van der Waals surface area contributed by atoms with Crippen LogP contribution in [0.5, 0.6) is 0 Å². The summed E-state index contributed by atoms with van der Waals surface area (Å²) in [5.74, 6) is 2.02. The molecule has 96 valence electrons. The van der Waals surface area contributed by atoms with Crippen molar-refractivity contribution in [3.63, 3.8) is 0 Å². The van der Waals surface area contributed by atoms with E-state index in [-0.39, 0.29) is 0 Å². The fourth-order valence-corrected chi connectivity index (χ4v) is 1.64. The van der Waals surface area contributed by atoms with Gasteiger partial charge in [-0.2, -0.15) is 0 Å². The summed E-state index contributed by atoms with van der Waals surface area (Å²) in [6.07, 6.45) is 2.32. The zero-order chi connectivity index (χ0) is 12.7. The second-order valence-corrected chi connectivity index (χ2v) is 3.93. The minimum atomic E-state index is 0.392. The van der Waals surface area contributed by atoms with E-state index in [0.29, 0.717) is 18.2 Å². The van der Waals surface area contributed by atoms with Crippen LogP contribution in [0.15, 0.2) is 6.07 Å². The normalized spacial score (nSPS) is 10.5. The Kier molecular flexibility index (Phi) is 5.69. The van der Waals surface area contributed by atoms with E-state index in [4.69, 9.17) is 10.5 Å². The number of aromatic nitrogens is 2. The molecule has 0 unspecified atom stereocenters. The summed E-state index contributed by atoms with van der Waals surface area (Å²) >= 11 is 0. The highest BCUT2D eigenvalue weighted by atomic mass is 16.5. The third kappa shape index (κ3) is 4.19. The summed E-state index contributed by atoms with van der Waals surface area (Å²) in [5, 5.41) is 0. The van der Waals surface area contributed by atoms with Gasteiger partial charge in [0.25, 0.3) is 0 Å². The lowest BCUT2D eigenvalue weighted by Crippen LogP contribution is -2.25. The Morgan fingerprint density at radius 1 is 1.35 bits per heavy atom. The number of nitrogens with zero attached hydrogens (tertiary/aromatic N) is 3. The van der Waals surface area contributed by atoms with Crippen LogP contribution >= 0.6 is 0 Å². The average molecular weight is 238 g/mol. The molecule has 17 heavy (non-hydrogen) atoms. The van der Waals surface area contributed by atoms with E-state index in [1.54, 1.807) is 7.11 Å². The van der Waals surface area contributed by atoms with Gasteiger partial charge < -0.3 is 15.4 Å². The molecule has 0 bridgehead atoms. The van der Waals surface area contributed by atoms with E-state index >= 15 is 0 Å². The molecule has 0 amide bonds. The summed E-state index contributed by atoms with van der Waals surface area (Å²) in [4.78, 5) is 10.8. The highest BCUT2D eigenvalue weighted by Crippen LogP contribution is 2.15. The van der Waals surface area contributed by atoms with E-state index in [1.165, 1.54) is 6.42 Å². The van der Waals surface area contributed by atoms with Crippen molar-refractivity contribution < 1.29 is 4.74 Å².